The molecule has 0 saturated heterocycles. The summed E-state index contributed by atoms with van der Waals surface area (Å²) in [5.74, 6) is -0.319. The normalized spacial score (nSPS) is 20.4. The monoisotopic (exact) mass is 336 g/mol. The standard InChI is InChI=1S/C21H21FN2O/c22-17-9-4-8-15(11-17)20(14-6-3-7-14)24-21(25)19-13-23-12-16-5-1-2-10-18(16)19/h1-2,4-5,8-11,13-14,19-20H,3,6-7,12H2,(H,24,25)/t19?,20-/m0/s1. The molecular formula is C21H21FN2O. The summed E-state index contributed by atoms with van der Waals surface area (Å²) in [4.78, 5) is 17.3. The van der Waals surface area contributed by atoms with Crippen LogP contribution in [0.25, 0.3) is 0 Å². The zero-order chi connectivity index (χ0) is 17.2. The minimum absolute atomic E-state index is 0.0583. The first-order valence-electron chi connectivity index (χ1n) is 8.86. The quantitative estimate of drug-likeness (QED) is 0.895. The van der Waals surface area contributed by atoms with Gasteiger partial charge in [-0.1, -0.05) is 42.8 Å². The molecule has 4 rings (SSSR count). The highest BCUT2D eigenvalue weighted by Gasteiger charge is 2.32. The molecule has 0 radical (unpaired) electrons. The highest BCUT2D eigenvalue weighted by atomic mass is 19.1. The topological polar surface area (TPSA) is 41.5 Å². The number of carbonyl (C=O) groups is 1. The average Bonchev–Trinajstić information content (AvgIpc) is 2.59. The molecule has 3 nitrogen and oxygen atoms in total. The maximum atomic E-state index is 13.7. The molecule has 25 heavy (non-hydrogen) atoms. The number of amides is 1. The van der Waals surface area contributed by atoms with Crippen LogP contribution in [0.4, 0.5) is 4.39 Å². The van der Waals surface area contributed by atoms with Crippen molar-refractivity contribution in [2.45, 2.75) is 37.8 Å². The van der Waals surface area contributed by atoms with Crippen LogP contribution in [0.15, 0.2) is 53.5 Å². The van der Waals surface area contributed by atoms with Crippen LogP contribution in [-0.2, 0) is 11.3 Å². The zero-order valence-corrected chi connectivity index (χ0v) is 14.0. The minimum Gasteiger partial charge on any atom is -0.348 e. The lowest BCUT2D eigenvalue weighted by Gasteiger charge is -2.35. The number of nitrogens with zero attached hydrogens (tertiary/aromatic N) is 1. The van der Waals surface area contributed by atoms with Gasteiger partial charge in [-0.3, -0.25) is 9.79 Å². The molecule has 1 aliphatic heterocycles. The number of hydrogen-bond donors (Lipinski definition) is 1. The lowest BCUT2D eigenvalue weighted by molar-refractivity contribution is -0.122. The predicted octanol–water partition coefficient (Wildman–Crippen LogP) is 4.15. The first-order chi connectivity index (χ1) is 12.2. The van der Waals surface area contributed by atoms with Gasteiger partial charge in [-0.25, -0.2) is 4.39 Å². The molecule has 1 N–H and O–H groups in total. The van der Waals surface area contributed by atoms with E-state index in [1.807, 2.05) is 30.3 Å². The van der Waals surface area contributed by atoms with Crippen LogP contribution in [0.2, 0.25) is 0 Å². The second kappa shape index (κ2) is 6.79. The van der Waals surface area contributed by atoms with Crippen LogP contribution in [-0.4, -0.2) is 12.1 Å². The number of hydrogen-bond acceptors (Lipinski definition) is 2. The first kappa shape index (κ1) is 16.0. The maximum absolute atomic E-state index is 13.7. The van der Waals surface area contributed by atoms with E-state index in [0.717, 1.165) is 29.5 Å². The summed E-state index contributed by atoms with van der Waals surface area (Å²) < 4.78 is 13.7. The van der Waals surface area contributed by atoms with Gasteiger partial charge >= 0.3 is 0 Å². The van der Waals surface area contributed by atoms with E-state index in [-0.39, 0.29) is 23.7 Å². The molecule has 2 atom stereocenters. The van der Waals surface area contributed by atoms with Crippen molar-refractivity contribution in [1.29, 1.82) is 0 Å². The number of carbonyl (C=O) groups excluding carboxylic acids is 1. The summed E-state index contributed by atoms with van der Waals surface area (Å²) in [5, 5.41) is 3.18. The maximum Gasteiger partial charge on any atom is 0.233 e. The second-order valence-electron chi connectivity index (χ2n) is 6.90. The largest absolute Gasteiger partial charge is 0.348 e. The molecule has 2 aromatic rings. The van der Waals surface area contributed by atoms with Gasteiger partial charge < -0.3 is 5.32 Å². The van der Waals surface area contributed by atoms with Crippen LogP contribution < -0.4 is 5.32 Å². The second-order valence-corrected chi connectivity index (χ2v) is 6.90. The van der Waals surface area contributed by atoms with E-state index in [9.17, 15) is 9.18 Å². The molecule has 0 aromatic heterocycles. The van der Waals surface area contributed by atoms with E-state index >= 15 is 0 Å². The van der Waals surface area contributed by atoms with Crippen molar-refractivity contribution in [1.82, 2.24) is 5.32 Å². The predicted molar refractivity (Wildman–Crippen MR) is 96.0 cm³/mol. The molecule has 128 valence electrons. The SMILES string of the molecule is O=C(N[C@H](c1cccc(F)c1)C1CCC1)C1C=NCc2ccccc21. The Kier molecular flexibility index (Phi) is 4.35. The lowest BCUT2D eigenvalue weighted by atomic mass is 9.77. The fourth-order valence-electron chi connectivity index (χ4n) is 3.72. The van der Waals surface area contributed by atoms with Crippen LogP contribution in [0.1, 0.15) is 47.9 Å². The number of rotatable bonds is 4. The number of halogens is 1. The summed E-state index contributed by atoms with van der Waals surface area (Å²) in [7, 11) is 0. The first-order valence-corrected chi connectivity index (χ1v) is 8.86. The van der Waals surface area contributed by atoms with Crippen molar-refractivity contribution < 1.29 is 9.18 Å². The van der Waals surface area contributed by atoms with E-state index in [1.165, 1.54) is 18.6 Å². The van der Waals surface area contributed by atoms with Crippen molar-refractivity contribution >= 4 is 12.1 Å². The van der Waals surface area contributed by atoms with Gasteiger partial charge in [0.1, 0.15) is 5.82 Å². The molecule has 4 heteroatoms. The van der Waals surface area contributed by atoms with E-state index in [2.05, 4.69) is 10.3 Å². The molecule has 0 spiro atoms. The summed E-state index contributed by atoms with van der Waals surface area (Å²) >= 11 is 0. The third-order valence-corrected chi connectivity index (χ3v) is 5.32. The molecule has 1 fully saturated rings. The Bertz CT molecular complexity index is 813. The van der Waals surface area contributed by atoms with Gasteiger partial charge in [-0.2, -0.15) is 0 Å². The lowest BCUT2D eigenvalue weighted by Crippen LogP contribution is -2.39. The number of nitrogens with one attached hydrogen (secondary N) is 1. The van der Waals surface area contributed by atoms with Gasteiger partial charge in [0.2, 0.25) is 5.91 Å². The van der Waals surface area contributed by atoms with Gasteiger partial charge in [-0.15, -0.1) is 0 Å². The van der Waals surface area contributed by atoms with Gasteiger partial charge in [0.15, 0.2) is 0 Å². The molecular weight excluding hydrogens is 315 g/mol. The van der Waals surface area contributed by atoms with Gasteiger partial charge in [0.05, 0.1) is 18.5 Å². The zero-order valence-electron chi connectivity index (χ0n) is 14.0. The Balaban J connectivity index is 1.59. The number of aliphatic imine (C=N–C) groups is 1. The van der Waals surface area contributed by atoms with Crippen molar-refractivity contribution in [2.75, 3.05) is 0 Å². The highest BCUT2D eigenvalue weighted by molar-refractivity contribution is 6.00. The van der Waals surface area contributed by atoms with Crippen molar-refractivity contribution in [2.24, 2.45) is 10.9 Å². The molecule has 1 unspecified atom stereocenters. The Hall–Kier alpha value is -2.49. The summed E-state index contributed by atoms with van der Waals surface area (Å²) in [5.41, 5.74) is 2.96. The van der Waals surface area contributed by atoms with Crippen LogP contribution in [0, 0.1) is 11.7 Å². The summed E-state index contributed by atoms with van der Waals surface area (Å²) in [6, 6.07) is 14.4. The summed E-state index contributed by atoms with van der Waals surface area (Å²) in [6.45, 7) is 0.621. The molecule has 0 bridgehead atoms. The van der Waals surface area contributed by atoms with Crippen molar-refractivity contribution in [3.63, 3.8) is 0 Å². The van der Waals surface area contributed by atoms with Crippen LogP contribution in [0.3, 0.4) is 0 Å². The van der Waals surface area contributed by atoms with Crippen LogP contribution >= 0.6 is 0 Å². The van der Waals surface area contributed by atoms with Gasteiger partial charge in [-0.05, 0) is 47.6 Å². The molecule has 1 aliphatic carbocycles. The molecule has 1 amide bonds. The van der Waals surface area contributed by atoms with E-state index in [1.54, 1.807) is 12.3 Å². The number of fused-ring (bicyclic) bond motifs is 1. The number of benzene rings is 2. The Morgan fingerprint density at radius 1 is 1.16 bits per heavy atom. The molecule has 1 heterocycles. The van der Waals surface area contributed by atoms with E-state index in [0.29, 0.717) is 12.5 Å². The minimum atomic E-state index is -0.374. The van der Waals surface area contributed by atoms with Crippen molar-refractivity contribution in [3.05, 3.63) is 71.0 Å². The van der Waals surface area contributed by atoms with Gasteiger partial charge in [0.25, 0.3) is 0 Å². The molecule has 1 saturated carbocycles. The Morgan fingerprint density at radius 2 is 2.00 bits per heavy atom. The average molecular weight is 336 g/mol. The molecule has 2 aromatic carbocycles. The van der Waals surface area contributed by atoms with E-state index in [4.69, 9.17) is 0 Å². The highest BCUT2D eigenvalue weighted by Crippen LogP contribution is 2.38. The smallest absolute Gasteiger partial charge is 0.233 e. The summed E-state index contributed by atoms with van der Waals surface area (Å²) in [6.07, 6.45) is 5.04. The Labute approximate surface area is 147 Å². The fourth-order valence-corrected chi connectivity index (χ4v) is 3.72. The fraction of sp³-hybridized carbons (Fsp3) is 0.333. The van der Waals surface area contributed by atoms with E-state index < -0.39 is 0 Å². The molecule has 2 aliphatic rings. The third-order valence-electron chi connectivity index (χ3n) is 5.32. The Morgan fingerprint density at radius 3 is 2.76 bits per heavy atom. The third kappa shape index (κ3) is 3.21. The van der Waals surface area contributed by atoms with Gasteiger partial charge in [0, 0.05) is 6.21 Å². The van der Waals surface area contributed by atoms with Crippen LogP contribution in [0.5, 0.6) is 0 Å². The van der Waals surface area contributed by atoms with Crippen molar-refractivity contribution in [3.8, 4) is 0 Å².